The molecular formula is C11H7BrO3. The number of carboxylic acids is 1. The van der Waals surface area contributed by atoms with E-state index in [9.17, 15) is 4.79 Å². The highest BCUT2D eigenvalue weighted by atomic mass is 79.9. The summed E-state index contributed by atoms with van der Waals surface area (Å²) < 4.78 is 5.71. The molecule has 4 heteroatoms. The Hall–Kier alpha value is -1.55. The van der Waals surface area contributed by atoms with Gasteiger partial charge in [0.15, 0.2) is 4.67 Å². The van der Waals surface area contributed by atoms with Gasteiger partial charge in [0.05, 0.1) is 11.8 Å². The van der Waals surface area contributed by atoms with Crippen molar-refractivity contribution in [3.05, 3.63) is 46.8 Å². The van der Waals surface area contributed by atoms with Gasteiger partial charge in [-0.25, -0.2) is 4.79 Å². The molecule has 0 aliphatic heterocycles. The predicted molar refractivity (Wildman–Crippen MR) is 58.8 cm³/mol. The van der Waals surface area contributed by atoms with Gasteiger partial charge < -0.3 is 9.52 Å². The molecule has 0 aliphatic carbocycles. The lowest BCUT2D eigenvalue weighted by molar-refractivity contribution is 0.0697. The molecule has 0 spiro atoms. The zero-order valence-electron chi connectivity index (χ0n) is 7.61. The summed E-state index contributed by atoms with van der Waals surface area (Å²) in [5.41, 5.74) is 1.94. The van der Waals surface area contributed by atoms with Gasteiger partial charge in [-0.2, -0.15) is 0 Å². The summed E-state index contributed by atoms with van der Waals surface area (Å²) in [6.07, 6.45) is 1.57. The van der Waals surface area contributed by atoms with E-state index in [1.807, 2.05) is 6.07 Å². The number of aromatic carboxylic acids is 1. The molecule has 2 aromatic rings. The molecule has 0 atom stereocenters. The topological polar surface area (TPSA) is 50.4 Å². The Bertz CT molecular complexity index is 502. The summed E-state index contributed by atoms with van der Waals surface area (Å²) in [5, 5.41) is 8.83. The molecule has 0 saturated carbocycles. The fourth-order valence-corrected chi connectivity index (χ4v) is 1.63. The lowest BCUT2D eigenvalue weighted by Gasteiger charge is -1.98. The minimum absolute atomic E-state index is 0.268. The predicted octanol–water partition coefficient (Wildman–Crippen LogP) is 3.41. The van der Waals surface area contributed by atoms with Gasteiger partial charge in [0.2, 0.25) is 0 Å². The second-order valence-corrected chi connectivity index (χ2v) is 3.81. The summed E-state index contributed by atoms with van der Waals surface area (Å²) in [5.74, 6) is -0.931. The van der Waals surface area contributed by atoms with Crippen LogP contribution >= 0.6 is 15.9 Å². The second-order valence-electron chi connectivity index (χ2n) is 3.03. The molecule has 3 nitrogen and oxygen atoms in total. The summed E-state index contributed by atoms with van der Waals surface area (Å²) in [7, 11) is 0. The molecule has 1 aromatic carbocycles. The van der Waals surface area contributed by atoms with Gasteiger partial charge in [0, 0.05) is 5.56 Å². The highest BCUT2D eigenvalue weighted by Crippen LogP contribution is 2.25. The van der Waals surface area contributed by atoms with E-state index in [0.717, 1.165) is 11.1 Å². The van der Waals surface area contributed by atoms with E-state index < -0.39 is 5.97 Å². The molecule has 1 heterocycles. The molecule has 0 aliphatic rings. The highest BCUT2D eigenvalue weighted by Gasteiger charge is 2.06. The van der Waals surface area contributed by atoms with E-state index in [1.54, 1.807) is 30.5 Å². The van der Waals surface area contributed by atoms with Crippen molar-refractivity contribution in [3.8, 4) is 11.1 Å². The Balaban J connectivity index is 2.45. The molecule has 1 aromatic heterocycles. The number of rotatable bonds is 2. The highest BCUT2D eigenvalue weighted by molar-refractivity contribution is 9.10. The van der Waals surface area contributed by atoms with Crippen molar-refractivity contribution in [2.24, 2.45) is 0 Å². The molecule has 0 unspecified atom stereocenters. The van der Waals surface area contributed by atoms with Crippen molar-refractivity contribution in [2.45, 2.75) is 0 Å². The molecular weight excluding hydrogens is 260 g/mol. The van der Waals surface area contributed by atoms with Crippen LogP contribution in [0.3, 0.4) is 0 Å². The van der Waals surface area contributed by atoms with Crippen molar-refractivity contribution >= 4 is 21.9 Å². The first-order valence-corrected chi connectivity index (χ1v) is 5.04. The quantitative estimate of drug-likeness (QED) is 0.907. The van der Waals surface area contributed by atoms with Crippen LogP contribution < -0.4 is 0 Å². The van der Waals surface area contributed by atoms with Crippen LogP contribution in [0.1, 0.15) is 10.4 Å². The Morgan fingerprint density at radius 2 is 2.07 bits per heavy atom. The first-order valence-electron chi connectivity index (χ1n) is 4.24. The molecule has 1 N–H and O–H groups in total. The van der Waals surface area contributed by atoms with Crippen LogP contribution in [0.4, 0.5) is 0 Å². The van der Waals surface area contributed by atoms with E-state index in [0.29, 0.717) is 4.67 Å². The fourth-order valence-electron chi connectivity index (χ4n) is 1.29. The minimum Gasteiger partial charge on any atom is -0.478 e. The van der Waals surface area contributed by atoms with Crippen LogP contribution in [0.25, 0.3) is 11.1 Å². The van der Waals surface area contributed by atoms with E-state index in [1.165, 1.54) is 0 Å². The molecule has 0 saturated heterocycles. The minimum atomic E-state index is -0.931. The molecule has 0 fully saturated rings. The first kappa shape index (κ1) is 9.98. The molecule has 2 rings (SSSR count). The molecule has 0 amide bonds. The van der Waals surface area contributed by atoms with Crippen LogP contribution in [-0.2, 0) is 0 Å². The number of carboxylic acid groups (broad SMARTS) is 1. The lowest BCUT2D eigenvalue weighted by Crippen LogP contribution is -1.95. The van der Waals surface area contributed by atoms with Gasteiger partial charge in [-0.3, -0.25) is 0 Å². The third-order valence-electron chi connectivity index (χ3n) is 2.01. The number of hydrogen-bond acceptors (Lipinski definition) is 2. The van der Waals surface area contributed by atoms with E-state index in [-0.39, 0.29) is 5.56 Å². The maximum atomic E-state index is 10.8. The largest absolute Gasteiger partial charge is 0.478 e. The van der Waals surface area contributed by atoms with Gasteiger partial charge in [-0.05, 0) is 39.7 Å². The average Bonchev–Trinajstić information content (AvgIpc) is 2.65. The normalized spacial score (nSPS) is 10.2. The molecule has 0 radical (unpaired) electrons. The Morgan fingerprint density at radius 1 is 1.27 bits per heavy atom. The van der Waals surface area contributed by atoms with Crippen LogP contribution in [0.2, 0.25) is 0 Å². The Morgan fingerprint density at radius 3 is 2.67 bits per heavy atom. The summed E-state index contributed by atoms with van der Waals surface area (Å²) in [6, 6.07) is 8.50. The number of furan rings is 1. The van der Waals surface area contributed by atoms with Crippen molar-refractivity contribution in [3.63, 3.8) is 0 Å². The number of carbonyl (C=O) groups is 1. The third kappa shape index (κ3) is 2.10. The van der Waals surface area contributed by atoms with Gasteiger partial charge in [0.25, 0.3) is 0 Å². The van der Waals surface area contributed by atoms with Gasteiger partial charge in [-0.1, -0.05) is 12.1 Å². The fraction of sp³-hybridized carbons (Fsp3) is 0. The number of hydrogen-bond donors (Lipinski definition) is 1. The second kappa shape index (κ2) is 3.90. The zero-order chi connectivity index (χ0) is 10.8. The van der Waals surface area contributed by atoms with Crippen LogP contribution in [0.15, 0.2) is 45.7 Å². The zero-order valence-corrected chi connectivity index (χ0v) is 9.19. The van der Waals surface area contributed by atoms with E-state index >= 15 is 0 Å². The molecule has 76 valence electrons. The summed E-state index contributed by atoms with van der Waals surface area (Å²) >= 11 is 3.19. The average molecular weight is 267 g/mol. The van der Waals surface area contributed by atoms with Gasteiger partial charge in [0.1, 0.15) is 0 Å². The maximum Gasteiger partial charge on any atom is 0.335 e. The maximum absolute atomic E-state index is 10.8. The van der Waals surface area contributed by atoms with Crippen molar-refractivity contribution in [2.75, 3.05) is 0 Å². The SMILES string of the molecule is O=C(O)c1cccc(-c2coc(Br)c2)c1. The van der Waals surface area contributed by atoms with Gasteiger partial charge in [-0.15, -0.1) is 0 Å². The van der Waals surface area contributed by atoms with Crippen molar-refractivity contribution in [1.82, 2.24) is 0 Å². The first-order chi connectivity index (χ1) is 7.16. The Labute approximate surface area is 94.5 Å². The lowest BCUT2D eigenvalue weighted by atomic mass is 10.1. The van der Waals surface area contributed by atoms with E-state index in [4.69, 9.17) is 9.52 Å². The third-order valence-corrected chi connectivity index (χ3v) is 2.43. The molecule has 15 heavy (non-hydrogen) atoms. The summed E-state index contributed by atoms with van der Waals surface area (Å²) in [6.45, 7) is 0. The van der Waals surface area contributed by atoms with Crippen LogP contribution in [0, 0.1) is 0 Å². The number of benzene rings is 1. The monoisotopic (exact) mass is 266 g/mol. The Kier molecular flexibility index (Phi) is 2.60. The standard InChI is InChI=1S/C11H7BrO3/c12-10-5-9(6-15-10)7-2-1-3-8(4-7)11(13)14/h1-6H,(H,13,14). The smallest absolute Gasteiger partial charge is 0.335 e. The van der Waals surface area contributed by atoms with Crippen molar-refractivity contribution in [1.29, 1.82) is 0 Å². The van der Waals surface area contributed by atoms with Crippen LogP contribution in [0.5, 0.6) is 0 Å². The van der Waals surface area contributed by atoms with Gasteiger partial charge >= 0.3 is 5.97 Å². The van der Waals surface area contributed by atoms with Crippen molar-refractivity contribution < 1.29 is 14.3 Å². The summed E-state index contributed by atoms with van der Waals surface area (Å²) in [4.78, 5) is 10.8. The van der Waals surface area contributed by atoms with Crippen LogP contribution in [-0.4, -0.2) is 11.1 Å². The molecule has 0 bridgehead atoms. The van der Waals surface area contributed by atoms with E-state index in [2.05, 4.69) is 15.9 Å². The number of halogens is 1.